The van der Waals surface area contributed by atoms with E-state index < -0.39 is 9.84 Å². The Kier molecular flexibility index (Phi) is 5.61. The second kappa shape index (κ2) is 7.45. The van der Waals surface area contributed by atoms with E-state index in [9.17, 15) is 8.42 Å². The molecule has 1 aromatic rings. The van der Waals surface area contributed by atoms with Gasteiger partial charge in [-0.3, -0.25) is 4.99 Å². The van der Waals surface area contributed by atoms with Gasteiger partial charge in [-0.1, -0.05) is 37.5 Å². The molecule has 0 aliphatic heterocycles. The Hall–Kier alpha value is -1.56. The molecule has 1 aliphatic rings. The molecule has 0 heterocycles. The van der Waals surface area contributed by atoms with Crippen molar-refractivity contribution in [1.29, 1.82) is 0 Å². The predicted molar refractivity (Wildman–Crippen MR) is 85.0 cm³/mol. The van der Waals surface area contributed by atoms with Crippen molar-refractivity contribution in [3.8, 4) is 0 Å². The smallest absolute Gasteiger partial charge is 0.188 e. The third-order valence-electron chi connectivity index (χ3n) is 3.70. The van der Waals surface area contributed by atoms with Gasteiger partial charge in [-0.05, 0) is 25.0 Å². The largest absolute Gasteiger partial charge is 0.370 e. The zero-order valence-corrected chi connectivity index (χ0v) is 13.0. The van der Waals surface area contributed by atoms with Gasteiger partial charge in [-0.25, -0.2) is 8.42 Å². The maximum Gasteiger partial charge on any atom is 0.188 e. The van der Waals surface area contributed by atoms with E-state index in [2.05, 4.69) is 10.3 Å². The molecule has 0 saturated heterocycles. The van der Waals surface area contributed by atoms with Crippen LogP contribution in [0.2, 0.25) is 0 Å². The van der Waals surface area contributed by atoms with E-state index in [1.54, 1.807) is 30.3 Å². The van der Waals surface area contributed by atoms with Gasteiger partial charge < -0.3 is 11.1 Å². The van der Waals surface area contributed by atoms with Crippen molar-refractivity contribution in [2.75, 3.05) is 12.3 Å². The molecule has 1 aromatic carbocycles. The van der Waals surface area contributed by atoms with Crippen LogP contribution in [-0.4, -0.2) is 32.7 Å². The number of benzene rings is 1. The summed E-state index contributed by atoms with van der Waals surface area (Å²) in [7, 11) is -3.28. The molecule has 1 saturated carbocycles. The van der Waals surface area contributed by atoms with Crippen LogP contribution in [0.3, 0.4) is 0 Å². The van der Waals surface area contributed by atoms with Gasteiger partial charge in [-0.15, -0.1) is 0 Å². The van der Waals surface area contributed by atoms with E-state index in [1.165, 1.54) is 19.3 Å². The second-order valence-corrected chi connectivity index (χ2v) is 7.49. The lowest BCUT2D eigenvalue weighted by Gasteiger charge is -2.23. The molecule has 21 heavy (non-hydrogen) atoms. The zero-order valence-electron chi connectivity index (χ0n) is 12.2. The first-order valence-corrected chi connectivity index (χ1v) is 9.07. The quantitative estimate of drug-likeness (QED) is 0.640. The van der Waals surface area contributed by atoms with Gasteiger partial charge in [0.15, 0.2) is 15.8 Å². The maximum absolute atomic E-state index is 12.1. The van der Waals surface area contributed by atoms with Crippen molar-refractivity contribution < 1.29 is 8.42 Å². The molecule has 0 radical (unpaired) electrons. The molecule has 0 unspecified atom stereocenters. The maximum atomic E-state index is 12.1. The van der Waals surface area contributed by atoms with Crippen LogP contribution in [0.15, 0.2) is 40.2 Å². The van der Waals surface area contributed by atoms with Crippen molar-refractivity contribution in [2.24, 2.45) is 10.7 Å². The Balaban J connectivity index is 1.83. The third-order valence-corrected chi connectivity index (χ3v) is 5.41. The first kappa shape index (κ1) is 15.8. The molecule has 6 heteroatoms. The normalized spacial score (nSPS) is 17.6. The van der Waals surface area contributed by atoms with Gasteiger partial charge in [0.25, 0.3) is 0 Å². The molecule has 0 atom stereocenters. The molecule has 3 N–H and O–H groups in total. The van der Waals surface area contributed by atoms with E-state index in [0.717, 1.165) is 12.8 Å². The van der Waals surface area contributed by atoms with E-state index in [4.69, 9.17) is 5.73 Å². The topological polar surface area (TPSA) is 84.5 Å². The molecule has 2 rings (SSSR count). The predicted octanol–water partition coefficient (Wildman–Crippen LogP) is 1.70. The van der Waals surface area contributed by atoms with Crippen LogP contribution >= 0.6 is 0 Å². The van der Waals surface area contributed by atoms with E-state index in [1.807, 2.05) is 0 Å². The summed E-state index contributed by atoms with van der Waals surface area (Å²) in [6, 6.07) is 8.81. The summed E-state index contributed by atoms with van der Waals surface area (Å²) in [5.41, 5.74) is 5.82. The minimum atomic E-state index is -3.28. The van der Waals surface area contributed by atoms with Crippen molar-refractivity contribution in [3.63, 3.8) is 0 Å². The summed E-state index contributed by atoms with van der Waals surface area (Å²) in [4.78, 5) is 4.47. The van der Waals surface area contributed by atoms with Crippen LogP contribution in [0, 0.1) is 0 Å². The van der Waals surface area contributed by atoms with Gasteiger partial charge in [-0.2, -0.15) is 0 Å². The number of nitrogens with two attached hydrogens (primary N) is 1. The Labute approximate surface area is 126 Å². The van der Waals surface area contributed by atoms with Crippen LogP contribution in [0.5, 0.6) is 0 Å². The van der Waals surface area contributed by atoms with Gasteiger partial charge in [0.05, 0.1) is 17.2 Å². The molecular formula is C15H23N3O2S. The first-order chi connectivity index (χ1) is 10.1. The van der Waals surface area contributed by atoms with E-state index in [0.29, 0.717) is 16.9 Å². The Bertz CT molecular complexity index is 564. The summed E-state index contributed by atoms with van der Waals surface area (Å²) in [5, 5.41) is 3.18. The molecule has 0 spiro atoms. The van der Waals surface area contributed by atoms with Crippen LogP contribution in [0.4, 0.5) is 0 Å². The lowest BCUT2D eigenvalue weighted by molar-refractivity contribution is 0.412. The molecule has 0 bridgehead atoms. The fraction of sp³-hybridized carbons (Fsp3) is 0.533. The standard InChI is InChI=1S/C15H23N3O2S/c16-15(18-13-7-3-1-4-8-13)17-11-12-21(19,20)14-9-5-2-6-10-14/h2,5-6,9-10,13H,1,3-4,7-8,11-12H2,(H3,16,17,18). The molecule has 0 aromatic heterocycles. The van der Waals surface area contributed by atoms with Crippen LogP contribution in [-0.2, 0) is 9.84 Å². The minimum absolute atomic E-state index is 0.0238. The number of hydrogen-bond acceptors (Lipinski definition) is 3. The van der Waals surface area contributed by atoms with Gasteiger partial charge in [0, 0.05) is 6.04 Å². The molecule has 5 nitrogen and oxygen atoms in total. The number of aliphatic imine (C=N–C) groups is 1. The third kappa shape index (κ3) is 5.04. The average Bonchev–Trinajstić information content (AvgIpc) is 2.49. The summed E-state index contributed by atoms with van der Waals surface area (Å²) < 4.78 is 24.1. The number of hydrogen-bond donors (Lipinski definition) is 2. The molecule has 116 valence electrons. The van der Waals surface area contributed by atoms with Crippen molar-refractivity contribution >= 4 is 15.8 Å². The van der Waals surface area contributed by atoms with Crippen molar-refractivity contribution in [1.82, 2.24) is 5.32 Å². The molecular weight excluding hydrogens is 286 g/mol. The summed E-state index contributed by atoms with van der Waals surface area (Å²) >= 11 is 0. The van der Waals surface area contributed by atoms with E-state index in [-0.39, 0.29) is 12.3 Å². The highest BCUT2D eigenvalue weighted by Gasteiger charge is 2.15. The molecule has 1 fully saturated rings. The number of nitrogens with zero attached hydrogens (tertiary/aromatic N) is 1. The summed E-state index contributed by atoms with van der Waals surface area (Å²) in [6.07, 6.45) is 5.93. The number of rotatable bonds is 5. The minimum Gasteiger partial charge on any atom is -0.370 e. The monoisotopic (exact) mass is 309 g/mol. The zero-order chi connectivity index (χ0) is 15.1. The fourth-order valence-electron chi connectivity index (χ4n) is 2.53. The molecule has 1 aliphatic carbocycles. The van der Waals surface area contributed by atoms with Crippen molar-refractivity contribution in [3.05, 3.63) is 30.3 Å². The SMILES string of the molecule is NC(=NCCS(=O)(=O)c1ccccc1)NC1CCCCC1. The van der Waals surface area contributed by atoms with Gasteiger partial charge in [0.2, 0.25) is 0 Å². The van der Waals surface area contributed by atoms with E-state index >= 15 is 0 Å². The highest BCUT2D eigenvalue weighted by Crippen LogP contribution is 2.17. The van der Waals surface area contributed by atoms with Gasteiger partial charge in [0.1, 0.15) is 0 Å². The second-order valence-electron chi connectivity index (χ2n) is 5.38. The molecule has 0 amide bonds. The van der Waals surface area contributed by atoms with Crippen LogP contribution < -0.4 is 11.1 Å². The Morgan fingerprint density at radius 3 is 2.52 bits per heavy atom. The number of sulfone groups is 1. The van der Waals surface area contributed by atoms with Gasteiger partial charge >= 0.3 is 0 Å². The number of nitrogens with one attached hydrogen (secondary N) is 1. The number of guanidine groups is 1. The van der Waals surface area contributed by atoms with Crippen LogP contribution in [0.1, 0.15) is 32.1 Å². The Morgan fingerprint density at radius 1 is 1.19 bits per heavy atom. The lowest BCUT2D eigenvalue weighted by Crippen LogP contribution is -2.41. The Morgan fingerprint density at radius 2 is 1.86 bits per heavy atom. The summed E-state index contributed by atoms with van der Waals surface area (Å²) in [6.45, 7) is 0.183. The highest BCUT2D eigenvalue weighted by molar-refractivity contribution is 7.91. The lowest BCUT2D eigenvalue weighted by atomic mass is 9.96. The average molecular weight is 309 g/mol. The first-order valence-electron chi connectivity index (χ1n) is 7.42. The highest BCUT2D eigenvalue weighted by atomic mass is 32.2. The fourth-order valence-corrected chi connectivity index (χ4v) is 3.67. The van der Waals surface area contributed by atoms with Crippen LogP contribution in [0.25, 0.3) is 0 Å². The van der Waals surface area contributed by atoms with Crippen molar-refractivity contribution in [2.45, 2.75) is 43.0 Å². The summed E-state index contributed by atoms with van der Waals surface area (Å²) in [5.74, 6) is 0.328.